The lowest BCUT2D eigenvalue weighted by molar-refractivity contribution is 0.0637. The molecule has 0 saturated heterocycles. The Morgan fingerprint density at radius 2 is 2.04 bits per heavy atom. The number of pyridine rings is 2. The lowest BCUT2D eigenvalue weighted by Crippen LogP contribution is -2.42. The molecule has 8 nitrogen and oxygen atoms in total. The van der Waals surface area contributed by atoms with E-state index in [9.17, 15) is 9.18 Å². The lowest BCUT2D eigenvalue weighted by atomic mass is 10.2. The van der Waals surface area contributed by atoms with E-state index in [1.165, 1.54) is 29.5 Å². The summed E-state index contributed by atoms with van der Waals surface area (Å²) in [7, 11) is 0. The third kappa shape index (κ3) is 4.13. The van der Waals surface area contributed by atoms with E-state index in [4.69, 9.17) is 4.74 Å². The van der Waals surface area contributed by atoms with Gasteiger partial charge >= 0.3 is 0 Å². The predicted molar refractivity (Wildman–Crippen MR) is 99.8 cm³/mol. The number of amides is 1. The van der Waals surface area contributed by atoms with E-state index in [2.05, 4.69) is 20.2 Å². The smallest absolute Gasteiger partial charge is 0.275 e. The van der Waals surface area contributed by atoms with Gasteiger partial charge in [0.15, 0.2) is 11.5 Å². The zero-order valence-corrected chi connectivity index (χ0v) is 15.9. The first-order valence-corrected chi connectivity index (χ1v) is 8.88. The molecule has 3 rings (SSSR count). The highest BCUT2D eigenvalue weighted by molar-refractivity contribution is 5.95. The van der Waals surface area contributed by atoms with Crippen molar-refractivity contribution in [1.29, 1.82) is 0 Å². The van der Waals surface area contributed by atoms with Crippen LogP contribution in [0.2, 0.25) is 0 Å². The molecule has 28 heavy (non-hydrogen) atoms. The Morgan fingerprint density at radius 1 is 1.29 bits per heavy atom. The van der Waals surface area contributed by atoms with Gasteiger partial charge in [0.05, 0.1) is 18.4 Å². The van der Waals surface area contributed by atoms with Gasteiger partial charge in [-0.15, -0.1) is 4.80 Å². The first-order valence-electron chi connectivity index (χ1n) is 8.88. The van der Waals surface area contributed by atoms with Gasteiger partial charge in [0.2, 0.25) is 5.88 Å². The Balaban J connectivity index is 1.76. The van der Waals surface area contributed by atoms with E-state index >= 15 is 0 Å². The van der Waals surface area contributed by atoms with Crippen molar-refractivity contribution < 1.29 is 13.9 Å². The zero-order chi connectivity index (χ0) is 20.1. The van der Waals surface area contributed by atoms with E-state index in [1.807, 2.05) is 13.8 Å². The van der Waals surface area contributed by atoms with E-state index in [1.54, 1.807) is 30.2 Å². The maximum Gasteiger partial charge on any atom is 0.275 e. The van der Waals surface area contributed by atoms with Crippen LogP contribution in [0.3, 0.4) is 0 Å². The second-order valence-corrected chi connectivity index (χ2v) is 6.24. The largest absolute Gasteiger partial charge is 0.473 e. The van der Waals surface area contributed by atoms with E-state index in [0.29, 0.717) is 17.8 Å². The minimum Gasteiger partial charge on any atom is -0.473 e. The van der Waals surface area contributed by atoms with Crippen LogP contribution in [0.5, 0.6) is 5.88 Å². The van der Waals surface area contributed by atoms with Crippen LogP contribution in [0, 0.1) is 12.7 Å². The minimum absolute atomic E-state index is 0.0831. The highest BCUT2D eigenvalue weighted by Gasteiger charge is 2.25. The van der Waals surface area contributed by atoms with Crippen LogP contribution in [0.4, 0.5) is 4.39 Å². The van der Waals surface area contributed by atoms with Crippen LogP contribution in [0.25, 0.3) is 5.69 Å². The Morgan fingerprint density at radius 3 is 2.71 bits per heavy atom. The molecule has 9 heteroatoms. The fraction of sp³-hybridized carbons (Fsp3) is 0.316. The number of aromatic nitrogens is 5. The molecule has 0 fully saturated rings. The SMILES string of the molecule is CCN(C(=O)c1ncccc1-n1nccn1)[C@@H](C)COc1ncc(C)cc1F. The van der Waals surface area contributed by atoms with E-state index in [0.717, 1.165) is 0 Å². The van der Waals surface area contributed by atoms with Gasteiger partial charge in [0.25, 0.3) is 5.91 Å². The van der Waals surface area contributed by atoms with Crippen LogP contribution < -0.4 is 4.74 Å². The van der Waals surface area contributed by atoms with Crippen LogP contribution in [-0.4, -0.2) is 55.0 Å². The summed E-state index contributed by atoms with van der Waals surface area (Å²) in [6, 6.07) is 4.46. The zero-order valence-electron chi connectivity index (χ0n) is 15.9. The van der Waals surface area contributed by atoms with Gasteiger partial charge < -0.3 is 9.64 Å². The normalized spacial score (nSPS) is 11.9. The topological polar surface area (TPSA) is 86.0 Å². The number of ether oxygens (including phenoxy) is 1. The molecule has 0 aliphatic rings. The van der Waals surface area contributed by atoms with Gasteiger partial charge in [-0.3, -0.25) is 4.79 Å². The highest BCUT2D eigenvalue weighted by Crippen LogP contribution is 2.17. The maximum atomic E-state index is 13.9. The fourth-order valence-corrected chi connectivity index (χ4v) is 2.77. The molecule has 0 aliphatic carbocycles. The fourth-order valence-electron chi connectivity index (χ4n) is 2.77. The number of aryl methyl sites for hydroxylation is 1. The standard InChI is InChI=1S/C19H21FN6O2/c1-4-25(14(3)12-28-18-15(20)10-13(2)11-22-18)19(27)17-16(6-5-7-21-17)26-23-8-9-24-26/h5-11,14H,4,12H2,1-3H3/t14-/m0/s1. The van der Waals surface area contributed by atoms with Gasteiger partial charge in [0, 0.05) is 18.9 Å². The van der Waals surface area contributed by atoms with Gasteiger partial charge in [0.1, 0.15) is 12.3 Å². The predicted octanol–water partition coefficient (Wildman–Crippen LogP) is 2.43. The summed E-state index contributed by atoms with van der Waals surface area (Å²) < 4.78 is 19.4. The van der Waals surface area contributed by atoms with Crippen molar-refractivity contribution in [1.82, 2.24) is 29.9 Å². The molecule has 0 spiro atoms. The second kappa shape index (κ2) is 8.55. The molecule has 0 N–H and O–H groups in total. The molecule has 1 atom stereocenters. The maximum absolute atomic E-state index is 13.9. The van der Waals surface area contributed by atoms with Crippen LogP contribution in [0.1, 0.15) is 29.9 Å². The number of rotatable bonds is 7. The first-order chi connectivity index (χ1) is 13.5. The molecule has 3 aromatic heterocycles. The quantitative estimate of drug-likeness (QED) is 0.622. The summed E-state index contributed by atoms with van der Waals surface area (Å²) in [4.78, 5) is 24.2. The molecule has 3 aromatic rings. The van der Waals surface area contributed by atoms with Gasteiger partial charge in [-0.2, -0.15) is 10.2 Å². The molecule has 0 aromatic carbocycles. The first kappa shape index (κ1) is 19.4. The summed E-state index contributed by atoms with van der Waals surface area (Å²) >= 11 is 0. The number of carbonyl (C=O) groups excluding carboxylic acids is 1. The highest BCUT2D eigenvalue weighted by atomic mass is 19.1. The average Bonchev–Trinajstić information content (AvgIpc) is 3.22. The van der Waals surface area contributed by atoms with E-state index in [-0.39, 0.29) is 30.1 Å². The molecule has 146 valence electrons. The number of hydrogen-bond acceptors (Lipinski definition) is 6. The van der Waals surface area contributed by atoms with Gasteiger partial charge in [-0.05, 0) is 44.5 Å². The van der Waals surface area contributed by atoms with E-state index < -0.39 is 5.82 Å². The molecule has 0 radical (unpaired) electrons. The number of hydrogen-bond donors (Lipinski definition) is 0. The number of halogens is 1. The number of nitrogens with zero attached hydrogens (tertiary/aromatic N) is 6. The van der Waals surface area contributed by atoms with Crippen molar-refractivity contribution >= 4 is 5.91 Å². The summed E-state index contributed by atoms with van der Waals surface area (Å²) in [5.41, 5.74) is 1.42. The van der Waals surface area contributed by atoms with Crippen molar-refractivity contribution in [2.75, 3.05) is 13.2 Å². The lowest BCUT2D eigenvalue weighted by Gasteiger charge is -2.28. The summed E-state index contributed by atoms with van der Waals surface area (Å²) in [5.74, 6) is -0.901. The molecular weight excluding hydrogens is 363 g/mol. The van der Waals surface area contributed by atoms with Crippen molar-refractivity contribution in [2.45, 2.75) is 26.8 Å². The Bertz CT molecular complexity index is 947. The number of carbonyl (C=O) groups is 1. The molecule has 0 saturated carbocycles. The summed E-state index contributed by atoms with van der Waals surface area (Å²) in [6.45, 7) is 5.94. The molecule has 0 aliphatic heterocycles. The van der Waals surface area contributed by atoms with Crippen molar-refractivity contribution in [2.24, 2.45) is 0 Å². The Kier molecular flexibility index (Phi) is 5.93. The second-order valence-electron chi connectivity index (χ2n) is 6.24. The summed E-state index contributed by atoms with van der Waals surface area (Å²) in [5, 5.41) is 8.15. The van der Waals surface area contributed by atoms with Crippen molar-refractivity contribution in [3.63, 3.8) is 0 Å². The molecular formula is C19H21FN6O2. The van der Waals surface area contributed by atoms with Crippen molar-refractivity contribution in [3.8, 4) is 11.6 Å². The Labute approximate surface area is 162 Å². The van der Waals surface area contributed by atoms with Gasteiger partial charge in [-0.1, -0.05) is 0 Å². The average molecular weight is 384 g/mol. The molecule has 0 bridgehead atoms. The molecule has 3 heterocycles. The molecule has 0 unspecified atom stereocenters. The summed E-state index contributed by atoms with van der Waals surface area (Å²) in [6.07, 6.45) is 6.13. The number of likely N-dealkylation sites (N-methyl/N-ethyl adjacent to an activating group) is 1. The van der Waals surface area contributed by atoms with Crippen molar-refractivity contribution in [3.05, 3.63) is 60.1 Å². The van der Waals surface area contributed by atoms with Crippen LogP contribution >= 0.6 is 0 Å². The third-order valence-corrected chi connectivity index (χ3v) is 4.16. The van der Waals surface area contributed by atoms with Gasteiger partial charge in [-0.25, -0.2) is 14.4 Å². The minimum atomic E-state index is -0.529. The Hall–Kier alpha value is -3.36. The van der Waals surface area contributed by atoms with Crippen LogP contribution in [-0.2, 0) is 0 Å². The van der Waals surface area contributed by atoms with Crippen LogP contribution in [0.15, 0.2) is 43.0 Å². The molecule has 1 amide bonds. The monoisotopic (exact) mass is 384 g/mol. The third-order valence-electron chi connectivity index (χ3n) is 4.16.